The van der Waals surface area contributed by atoms with E-state index in [0.29, 0.717) is 17.6 Å². The Morgan fingerprint density at radius 1 is 1.46 bits per heavy atom. The maximum absolute atomic E-state index is 12.1. The van der Waals surface area contributed by atoms with Crippen molar-refractivity contribution >= 4 is 30.8 Å². The number of esters is 1. The van der Waals surface area contributed by atoms with Gasteiger partial charge in [-0.15, -0.1) is 0 Å². The Hall–Kier alpha value is -1.11. The Bertz CT molecular complexity index is 927. The number of rotatable bonds is 4. The van der Waals surface area contributed by atoms with Gasteiger partial charge in [-0.3, -0.25) is 13.9 Å². The van der Waals surface area contributed by atoms with Gasteiger partial charge in [-0.05, 0) is 6.42 Å². The molecule has 0 aromatic carbocycles. The molecule has 146 valence electrons. The Labute approximate surface area is 181 Å². The monoisotopic (exact) mass is 421 g/mol. The van der Waals surface area contributed by atoms with Crippen LogP contribution in [0.15, 0.2) is 12.7 Å². The van der Waals surface area contributed by atoms with E-state index in [1.807, 2.05) is 6.92 Å². The summed E-state index contributed by atoms with van der Waals surface area (Å²) in [6, 6.07) is 0. The van der Waals surface area contributed by atoms with Gasteiger partial charge in [0.2, 0.25) is 0 Å². The SMILES string of the molecule is CCCC(=O)O[C@@H]1[C@@H]2OP(=O)([O-])OC[C@H]2O[C@H]1n1cnc2c(N)ncnc21.[Na+]. The minimum Gasteiger partial charge on any atom is -0.756 e. The molecule has 0 spiro atoms. The topological polar surface area (TPSA) is 164 Å². The zero-order valence-corrected chi connectivity index (χ0v) is 18.2. The van der Waals surface area contributed by atoms with Crippen LogP contribution >= 0.6 is 7.82 Å². The molecule has 1 unspecified atom stereocenters. The molecule has 12 nitrogen and oxygen atoms in total. The van der Waals surface area contributed by atoms with Crippen molar-refractivity contribution in [1.29, 1.82) is 0 Å². The molecule has 2 fully saturated rings. The third kappa shape index (κ3) is 3.96. The van der Waals surface area contributed by atoms with Crippen LogP contribution in [0.3, 0.4) is 0 Å². The predicted octanol–water partition coefficient (Wildman–Crippen LogP) is -3.09. The summed E-state index contributed by atoms with van der Waals surface area (Å²) >= 11 is 0. The van der Waals surface area contributed by atoms with Crippen LogP contribution in [-0.4, -0.2) is 50.4 Å². The molecule has 2 aromatic rings. The molecular weight excluding hydrogens is 404 g/mol. The van der Waals surface area contributed by atoms with Crippen LogP contribution in [0.5, 0.6) is 0 Å². The maximum Gasteiger partial charge on any atom is 1.00 e. The normalized spacial score (nSPS) is 31.9. The number of hydrogen-bond donors (Lipinski definition) is 1. The third-order valence-electron chi connectivity index (χ3n) is 4.32. The van der Waals surface area contributed by atoms with Gasteiger partial charge in [-0.25, -0.2) is 15.0 Å². The number of imidazole rings is 1. The van der Waals surface area contributed by atoms with E-state index >= 15 is 0 Å². The largest absolute Gasteiger partial charge is 1.00 e. The first-order chi connectivity index (χ1) is 12.9. The van der Waals surface area contributed by atoms with Crippen LogP contribution in [0.1, 0.15) is 26.0 Å². The first-order valence-electron chi connectivity index (χ1n) is 8.31. The number of carbonyl (C=O) groups excluding carboxylic acids is 1. The van der Waals surface area contributed by atoms with Crippen LogP contribution in [0, 0.1) is 0 Å². The van der Waals surface area contributed by atoms with Gasteiger partial charge in [0.25, 0.3) is 7.82 Å². The smallest absolute Gasteiger partial charge is 0.756 e. The molecule has 4 rings (SSSR count). The molecular formula is C14H17N5NaO7P. The number of ether oxygens (including phenoxy) is 2. The van der Waals surface area contributed by atoms with E-state index in [-0.39, 0.29) is 48.4 Å². The summed E-state index contributed by atoms with van der Waals surface area (Å²) in [5.74, 6) is -0.316. The quantitative estimate of drug-likeness (QED) is 0.302. The zero-order chi connectivity index (χ0) is 19.2. The molecule has 0 aliphatic carbocycles. The number of phosphoric acid groups is 1. The fourth-order valence-corrected chi connectivity index (χ4v) is 4.08. The Morgan fingerprint density at radius 2 is 2.25 bits per heavy atom. The van der Waals surface area contributed by atoms with E-state index in [4.69, 9.17) is 24.3 Å². The summed E-state index contributed by atoms with van der Waals surface area (Å²) in [5.41, 5.74) is 6.50. The molecule has 2 saturated heterocycles. The van der Waals surface area contributed by atoms with E-state index in [1.165, 1.54) is 17.2 Å². The summed E-state index contributed by atoms with van der Waals surface area (Å²) in [5, 5.41) is 0. The van der Waals surface area contributed by atoms with Gasteiger partial charge < -0.3 is 29.1 Å². The van der Waals surface area contributed by atoms with Crippen molar-refractivity contribution in [2.75, 3.05) is 12.3 Å². The van der Waals surface area contributed by atoms with Crippen molar-refractivity contribution in [1.82, 2.24) is 19.5 Å². The average molecular weight is 421 g/mol. The molecule has 4 heterocycles. The summed E-state index contributed by atoms with van der Waals surface area (Å²) in [4.78, 5) is 36.0. The van der Waals surface area contributed by atoms with Crippen molar-refractivity contribution in [2.45, 2.75) is 44.3 Å². The first kappa shape index (κ1) is 21.6. The number of phosphoric ester groups is 1. The molecule has 0 radical (unpaired) electrons. The van der Waals surface area contributed by atoms with Gasteiger partial charge in [-0.2, -0.15) is 0 Å². The number of nitrogens with two attached hydrogens (primary N) is 1. The number of nitrogens with zero attached hydrogens (tertiary/aromatic N) is 4. The summed E-state index contributed by atoms with van der Waals surface area (Å²) in [7, 11) is -4.50. The third-order valence-corrected chi connectivity index (χ3v) is 5.28. The van der Waals surface area contributed by atoms with E-state index in [9.17, 15) is 14.3 Å². The van der Waals surface area contributed by atoms with Gasteiger partial charge in [0.05, 0.1) is 12.9 Å². The summed E-state index contributed by atoms with van der Waals surface area (Å²) < 4.78 is 34.4. The van der Waals surface area contributed by atoms with Gasteiger partial charge in [-0.1, -0.05) is 6.92 Å². The van der Waals surface area contributed by atoms with Crippen LogP contribution < -0.4 is 40.2 Å². The number of carbonyl (C=O) groups is 1. The van der Waals surface area contributed by atoms with Crippen LogP contribution in [-0.2, 0) is 27.9 Å². The fourth-order valence-electron chi connectivity index (χ4n) is 3.13. The molecule has 2 aliphatic rings. The Kier molecular flexibility index (Phi) is 6.42. The minimum atomic E-state index is -4.50. The standard InChI is InChI=1S/C14H18N5O7P.Na/c1-2-3-8(20)25-11-10-7(4-23-27(21,22)26-10)24-14(11)19-6-18-9-12(15)16-5-17-13(9)19;/h5-7,10-11,14H,2-4H2,1H3,(H,21,22)(H2,15,16,17);/q;+1/p-1/t7-,10-,11-,14-;/m1./s1. The van der Waals surface area contributed by atoms with E-state index in [2.05, 4.69) is 15.0 Å². The zero-order valence-electron chi connectivity index (χ0n) is 15.3. The molecule has 0 amide bonds. The van der Waals surface area contributed by atoms with Crippen molar-refractivity contribution in [3.8, 4) is 0 Å². The minimum absolute atomic E-state index is 0. The average Bonchev–Trinajstić information content (AvgIpc) is 3.17. The van der Waals surface area contributed by atoms with Gasteiger partial charge >= 0.3 is 35.5 Å². The molecule has 2 aliphatic heterocycles. The van der Waals surface area contributed by atoms with Gasteiger partial charge in [0.15, 0.2) is 23.8 Å². The second kappa shape index (κ2) is 8.33. The molecule has 2 N–H and O–H groups in total. The van der Waals surface area contributed by atoms with E-state index in [1.54, 1.807) is 0 Å². The summed E-state index contributed by atoms with van der Waals surface area (Å²) in [6.45, 7) is 1.58. The molecule has 5 atom stereocenters. The van der Waals surface area contributed by atoms with Crippen LogP contribution in [0.25, 0.3) is 11.2 Å². The molecule has 14 heteroatoms. The fraction of sp³-hybridized carbons (Fsp3) is 0.571. The number of nitrogen functional groups attached to an aromatic ring is 1. The predicted molar refractivity (Wildman–Crippen MR) is 86.9 cm³/mol. The van der Waals surface area contributed by atoms with Crippen LogP contribution in [0.4, 0.5) is 5.82 Å². The van der Waals surface area contributed by atoms with Crippen molar-refractivity contribution < 1.29 is 62.3 Å². The van der Waals surface area contributed by atoms with Crippen molar-refractivity contribution in [3.05, 3.63) is 12.7 Å². The first-order valence-corrected chi connectivity index (χ1v) is 9.77. The number of anilines is 1. The molecule has 0 saturated carbocycles. The van der Waals surface area contributed by atoms with Crippen molar-refractivity contribution in [3.63, 3.8) is 0 Å². The van der Waals surface area contributed by atoms with E-state index < -0.39 is 38.3 Å². The number of fused-ring (bicyclic) bond motifs is 2. The Balaban J connectivity index is 0.00000225. The second-order valence-corrected chi connectivity index (χ2v) is 7.53. The number of aromatic nitrogens is 4. The van der Waals surface area contributed by atoms with E-state index in [0.717, 1.165) is 0 Å². The summed E-state index contributed by atoms with van der Waals surface area (Å²) in [6.07, 6.45) is -0.307. The second-order valence-electron chi connectivity index (χ2n) is 6.17. The number of hydrogen-bond acceptors (Lipinski definition) is 11. The van der Waals surface area contributed by atoms with Crippen molar-refractivity contribution in [2.24, 2.45) is 0 Å². The molecule has 2 aromatic heterocycles. The van der Waals surface area contributed by atoms with Crippen LogP contribution in [0.2, 0.25) is 0 Å². The maximum atomic E-state index is 12.1. The molecule has 28 heavy (non-hydrogen) atoms. The Morgan fingerprint density at radius 3 is 3.00 bits per heavy atom. The van der Waals surface area contributed by atoms with Gasteiger partial charge in [0.1, 0.15) is 24.1 Å². The molecule has 0 bridgehead atoms. The van der Waals surface area contributed by atoms with Gasteiger partial charge in [0, 0.05) is 6.42 Å².